The van der Waals surface area contributed by atoms with Crippen molar-refractivity contribution in [2.75, 3.05) is 0 Å². The molecule has 0 bridgehead atoms. The van der Waals surface area contributed by atoms with Crippen LogP contribution in [0.15, 0.2) is 60.9 Å². The van der Waals surface area contributed by atoms with Crippen molar-refractivity contribution in [2.24, 2.45) is 0 Å². The van der Waals surface area contributed by atoms with E-state index in [0.717, 1.165) is 9.13 Å². The minimum atomic E-state index is -0.997. The van der Waals surface area contributed by atoms with E-state index in [1.165, 1.54) is 18.2 Å². The molecule has 1 aliphatic rings. The van der Waals surface area contributed by atoms with Gasteiger partial charge in [-0.15, -0.1) is 0 Å². The summed E-state index contributed by atoms with van der Waals surface area (Å²) in [7, 11) is 0. The Kier molecular flexibility index (Phi) is 5.78. The summed E-state index contributed by atoms with van der Waals surface area (Å²) in [6, 6.07) is 12.6. The fourth-order valence-electron chi connectivity index (χ4n) is 3.33. The summed E-state index contributed by atoms with van der Waals surface area (Å²) in [5.74, 6) is -1.55. The van der Waals surface area contributed by atoms with Gasteiger partial charge in [0.25, 0.3) is 5.91 Å². The number of benzene rings is 2. The van der Waals surface area contributed by atoms with Crippen LogP contribution in [0, 0.1) is 9.39 Å². The Hall–Kier alpha value is -2.85. The maximum Gasteiger partial charge on any atom is 0.335 e. The fourth-order valence-corrected chi connectivity index (χ4v) is 3.79. The summed E-state index contributed by atoms with van der Waals surface area (Å²) >= 11 is 2.06. The quantitative estimate of drug-likeness (QED) is 0.341. The van der Waals surface area contributed by atoms with Crippen LogP contribution in [0.2, 0.25) is 0 Å². The van der Waals surface area contributed by atoms with Crippen LogP contribution in [0.25, 0.3) is 0 Å². The maximum absolute atomic E-state index is 14.3. The SMILES string of the molecule is O=C(O)c1ccc(CNC(=O)c2ccncc2C2NC2c2ccc(I)cc2F)cc1. The second-order valence-corrected chi connectivity index (χ2v) is 8.18. The molecule has 30 heavy (non-hydrogen) atoms. The predicted molar refractivity (Wildman–Crippen MR) is 117 cm³/mol. The molecular formula is C22H17FIN3O3. The molecule has 3 aromatic rings. The minimum absolute atomic E-state index is 0.190. The van der Waals surface area contributed by atoms with Crippen molar-refractivity contribution in [3.05, 3.63) is 98.1 Å². The highest BCUT2D eigenvalue weighted by molar-refractivity contribution is 14.1. The second kappa shape index (κ2) is 8.49. The summed E-state index contributed by atoms with van der Waals surface area (Å²) in [6.07, 6.45) is 3.17. The molecule has 4 rings (SSSR count). The number of carboxylic acids is 1. The van der Waals surface area contributed by atoms with Gasteiger partial charge < -0.3 is 10.4 Å². The lowest BCUT2D eigenvalue weighted by atomic mass is 10.0. The molecule has 2 aromatic carbocycles. The molecule has 1 amide bonds. The number of aromatic carboxylic acids is 1. The average Bonchev–Trinajstić information content (AvgIpc) is 3.52. The van der Waals surface area contributed by atoms with E-state index in [-0.39, 0.29) is 35.9 Å². The number of pyridine rings is 1. The average molecular weight is 517 g/mol. The Morgan fingerprint density at radius 1 is 1.10 bits per heavy atom. The fraction of sp³-hybridized carbons (Fsp3) is 0.136. The molecule has 6 nitrogen and oxygen atoms in total. The molecular weight excluding hydrogens is 500 g/mol. The van der Waals surface area contributed by atoms with Gasteiger partial charge in [0, 0.05) is 39.2 Å². The number of carbonyl (C=O) groups excluding carboxylic acids is 1. The van der Waals surface area contributed by atoms with Gasteiger partial charge in [0.1, 0.15) is 5.82 Å². The Balaban J connectivity index is 1.47. The van der Waals surface area contributed by atoms with E-state index in [1.54, 1.807) is 36.7 Å². The highest BCUT2D eigenvalue weighted by atomic mass is 127. The number of nitrogens with one attached hydrogen (secondary N) is 2. The van der Waals surface area contributed by atoms with Crippen molar-refractivity contribution in [1.82, 2.24) is 15.6 Å². The molecule has 1 aliphatic heterocycles. The number of amides is 1. The maximum atomic E-state index is 14.3. The smallest absolute Gasteiger partial charge is 0.335 e. The molecule has 0 saturated carbocycles. The van der Waals surface area contributed by atoms with E-state index in [9.17, 15) is 14.0 Å². The lowest BCUT2D eigenvalue weighted by molar-refractivity contribution is 0.0696. The Morgan fingerprint density at radius 2 is 1.83 bits per heavy atom. The largest absolute Gasteiger partial charge is 0.478 e. The minimum Gasteiger partial charge on any atom is -0.478 e. The number of aromatic nitrogens is 1. The van der Waals surface area contributed by atoms with Crippen LogP contribution < -0.4 is 10.6 Å². The first-order chi connectivity index (χ1) is 14.4. The van der Waals surface area contributed by atoms with Crippen molar-refractivity contribution in [1.29, 1.82) is 0 Å². The van der Waals surface area contributed by atoms with E-state index in [2.05, 4.69) is 38.2 Å². The Bertz CT molecular complexity index is 1120. The molecule has 0 aliphatic carbocycles. The summed E-state index contributed by atoms with van der Waals surface area (Å²) in [5, 5.41) is 15.0. The van der Waals surface area contributed by atoms with Crippen molar-refractivity contribution in [3.63, 3.8) is 0 Å². The molecule has 0 spiro atoms. The highest BCUT2D eigenvalue weighted by Gasteiger charge is 2.42. The van der Waals surface area contributed by atoms with Gasteiger partial charge in [-0.25, -0.2) is 9.18 Å². The lowest BCUT2D eigenvalue weighted by Gasteiger charge is -2.10. The first-order valence-electron chi connectivity index (χ1n) is 9.19. The van der Waals surface area contributed by atoms with Gasteiger partial charge in [0.05, 0.1) is 17.6 Å². The molecule has 1 aromatic heterocycles. The van der Waals surface area contributed by atoms with Gasteiger partial charge in [-0.1, -0.05) is 18.2 Å². The first-order valence-corrected chi connectivity index (χ1v) is 10.3. The molecule has 1 fully saturated rings. The van der Waals surface area contributed by atoms with Crippen LogP contribution in [-0.4, -0.2) is 22.0 Å². The molecule has 2 heterocycles. The zero-order valence-electron chi connectivity index (χ0n) is 15.6. The van der Waals surface area contributed by atoms with Gasteiger partial charge in [-0.05, 0) is 58.5 Å². The zero-order valence-corrected chi connectivity index (χ0v) is 17.8. The number of rotatable bonds is 6. The molecule has 8 heteroatoms. The molecule has 2 atom stereocenters. The van der Waals surface area contributed by atoms with Crippen molar-refractivity contribution >= 4 is 34.5 Å². The molecule has 0 radical (unpaired) electrons. The van der Waals surface area contributed by atoms with Gasteiger partial charge in [-0.2, -0.15) is 0 Å². The topological polar surface area (TPSA) is 101 Å². The number of hydrogen-bond acceptors (Lipinski definition) is 4. The van der Waals surface area contributed by atoms with Crippen LogP contribution in [-0.2, 0) is 6.54 Å². The van der Waals surface area contributed by atoms with Gasteiger partial charge in [-0.3, -0.25) is 15.1 Å². The van der Waals surface area contributed by atoms with Gasteiger partial charge >= 0.3 is 5.97 Å². The third-order valence-corrected chi connectivity index (χ3v) is 5.64. The number of carboxylic acid groups (broad SMARTS) is 1. The first kappa shape index (κ1) is 20.4. The van der Waals surface area contributed by atoms with Gasteiger partial charge in [0.15, 0.2) is 0 Å². The molecule has 152 valence electrons. The van der Waals surface area contributed by atoms with Crippen LogP contribution in [0.3, 0.4) is 0 Å². The van der Waals surface area contributed by atoms with Crippen molar-refractivity contribution in [3.8, 4) is 0 Å². The third-order valence-electron chi connectivity index (χ3n) is 4.97. The van der Waals surface area contributed by atoms with Crippen LogP contribution in [0.1, 0.15) is 49.5 Å². The monoisotopic (exact) mass is 517 g/mol. The Morgan fingerprint density at radius 3 is 2.53 bits per heavy atom. The standard InChI is InChI=1S/C22H17FIN3O3/c23-18-9-14(24)5-6-16(18)19-20(27-19)17-11-25-8-7-15(17)21(28)26-10-12-1-3-13(4-2-12)22(29)30/h1-9,11,19-20,27H,10H2,(H,26,28)(H,29,30). The summed E-state index contributed by atoms with van der Waals surface area (Å²) < 4.78 is 15.1. The molecule has 3 N–H and O–H groups in total. The van der Waals surface area contributed by atoms with Crippen LogP contribution in [0.4, 0.5) is 4.39 Å². The third kappa shape index (κ3) is 4.34. The highest BCUT2D eigenvalue weighted by Crippen LogP contribution is 2.44. The predicted octanol–water partition coefficient (Wildman–Crippen LogP) is 3.84. The second-order valence-electron chi connectivity index (χ2n) is 6.94. The normalized spacial score (nSPS) is 17.4. The van der Waals surface area contributed by atoms with Crippen molar-refractivity contribution in [2.45, 2.75) is 18.6 Å². The summed E-state index contributed by atoms with van der Waals surface area (Å²) in [5.41, 5.74) is 2.72. The van der Waals surface area contributed by atoms with Gasteiger partial charge in [0.2, 0.25) is 0 Å². The number of hydrogen-bond donors (Lipinski definition) is 3. The Labute approximate surface area is 185 Å². The van der Waals surface area contributed by atoms with E-state index in [1.807, 2.05) is 6.07 Å². The van der Waals surface area contributed by atoms with Crippen LogP contribution >= 0.6 is 22.6 Å². The molecule has 1 saturated heterocycles. The lowest BCUT2D eigenvalue weighted by Crippen LogP contribution is -2.24. The van der Waals surface area contributed by atoms with Crippen LogP contribution in [0.5, 0.6) is 0 Å². The summed E-state index contributed by atoms with van der Waals surface area (Å²) in [4.78, 5) is 27.8. The van der Waals surface area contributed by atoms with E-state index in [0.29, 0.717) is 16.7 Å². The van der Waals surface area contributed by atoms with E-state index >= 15 is 0 Å². The van der Waals surface area contributed by atoms with E-state index in [4.69, 9.17) is 5.11 Å². The number of halogens is 2. The number of nitrogens with zero attached hydrogens (tertiary/aromatic N) is 1. The summed E-state index contributed by atoms with van der Waals surface area (Å²) in [6.45, 7) is 0.258. The van der Waals surface area contributed by atoms with Crippen molar-refractivity contribution < 1.29 is 19.1 Å². The zero-order chi connectivity index (χ0) is 21.3. The molecule has 2 unspecified atom stereocenters. The number of carbonyl (C=O) groups is 2. The van der Waals surface area contributed by atoms with E-state index < -0.39 is 5.97 Å².